The van der Waals surface area contributed by atoms with Crippen molar-refractivity contribution in [3.8, 4) is 0 Å². The zero-order valence-corrected chi connectivity index (χ0v) is 15.3. The Kier molecular flexibility index (Phi) is 6.34. The van der Waals surface area contributed by atoms with Crippen LogP contribution in [0.2, 0.25) is 0 Å². The number of anilines is 1. The monoisotopic (exact) mass is 338 g/mol. The Morgan fingerprint density at radius 1 is 1.04 bits per heavy atom. The molecule has 132 valence electrons. The summed E-state index contributed by atoms with van der Waals surface area (Å²) >= 11 is 0. The predicted molar refractivity (Wildman–Crippen MR) is 102 cm³/mol. The Balaban J connectivity index is 2.09. The van der Waals surface area contributed by atoms with Crippen LogP contribution in [0.5, 0.6) is 0 Å². The van der Waals surface area contributed by atoms with Gasteiger partial charge in [0.15, 0.2) is 0 Å². The number of hydrogen-bond acceptors (Lipinski definition) is 2. The number of rotatable bonds is 6. The highest BCUT2D eigenvalue weighted by Gasteiger charge is 2.14. The van der Waals surface area contributed by atoms with Crippen LogP contribution in [-0.2, 0) is 11.2 Å². The zero-order valence-electron chi connectivity index (χ0n) is 15.3. The fraction of sp³-hybridized carbons (Fsp3) is 0.333. The number of carbonyl (C=O) groups excluding carboxylic acids is 2. The van der Waals surface area contributed by atoms with Crippen molar-refractivity contribution in [2.45, 2.75) is 34.1 Å². The molecule has 0 bridgehead atoms. The lowest BCUT2D eigenvalue weighted by Gasteiger charge is -2.13. The molecule has 25 heavy (non-hydrogen) atoms. The lowest BCUT2D eigenvalue weighted by atomic mass is 10.0. The molecule has 2 aromatic carbocycles. The third-order valence-electron chi connectivity index (χ3n) is 3.97. The molecule has 0 unspecified atom stereocenters. The minimum atomic E-state index is -0.170. The average molecular weight is 338 g/mol. The summed E-state index contributed by atoms with van der Waals surface area (Å²) in [5.74, 6) is 0.0717. The molecule has 2 N–H and O–H groups in total. The highest BCUT2D eigenvalue weighted by molar-refractivity contribution is 6.04. The van der Waals surface area contributed by atoms with E-state index in [-0.39, 0.29) is 18.2 Å². The van der Waals surface area contributed by atoms with Crippen LogP contribution < -0.4 is 10.6 Å². The van der Waals surface area contributed by atoms with Gasteiger partial charge < -0.3 is 10.6 Å². The third kappa shape index (κ3) is 5.45. The molecule has 0 aliphatic carbocycles. The minimum Gasteiger partial charge on any atom is -0.352 e. The highest BCUT2D eigenvalue weighted by Crippen LogP contribution is 2.17. The van der Waals surface area contributed by atoms with Gasteiger partial charge in [-0.05, 0) is 43.0 Å². The van der Waals surface area contributed by atoms with E-state index in [4.69, 9.17) is 0 Å². The molecule has 0 aromatic heterocycles. The predicted octanol–water partition coefficient (Wildman–Crippen LogP) is 3.87. The van der Waals surface area contributed by atoms with Gasteiger partial charge in [-0.2, -0.15) is 0 Å². The Labute approximate surface area is 149 Å². The molecule has 0 spiro atoms. The summed E-state index contributed by atoms with van der Waals surface area (Å²) in [6.45, 7) is 8.71. The van der Waals surface area contributed by atoms with E-state index in [1.54, 1.807) is 18.2 Å². The number of nitrogens with one attached hydrogen (secondary N) is 2. The van der Waals surface area contributed by atoms with Crippen molar-refractivity contribution in [1.29, 1.82) is 0 Å². The van der Waals surface area contributed by atoms with Crippen molar-refractivity contribution >= 4 is 17.5 Å². The standard InChI is InChI=1S/C21H26N2O2/c1-14(2)13-22-21(25)18-7-5-6-8-19(18)23-20(24)12-17-10-9-15(3)11-16(17)4/h5-11,14H,12-13H2,1-4H3,(H,22,25)(H,23,24). The molecule has 0 aliphatic rings. The summed E-state index contributed by atoms with van der Waals surface area (Å²) in [6, 6.07) is 13.1. The molecule has 2 amide bonds. The van der Waals surface area contributed by atoms with Gasteiger partial charge in [0.1, 0.15) is 0 Å². The second-order valence-electron chi connectivity index (χ2n) is 6.80. The van der Waals surface area contributed by atoms with Crippen molar-refractivity contribution in [2.24, 2.45) is 5.92 Å². The van der Waals surface area contributed by atoms with Gasteiger partial charge in [-0.1, -0.05) is 49.7 Å². The van der Waals surface area contributed by atoms with Gasteiger partial charge >= 0.3 is 0 Å². The van der Waals surface area contributed by atoms with Gasteiger partial charge in [-0.25, -0.2) is 0 Å². The minimum absolute atomic E-state index is 0.129. The number of carbonyl (C=O) groups is 2. The van der Waals surface area contributed by atoms with Gasteiger partial charge in [0.25, 0.3) is 5.91 Å². The Morgan fingerprint density at radius 2 is 1.76 bits per heavy atom. The second-order valence-corrected chi connectivity index (χ2v) is 6.80. The molecule has 0 saturated carbocycles. The van der Waals surface area contributed by atoms with Crippen molar-refractivity contribution in [3.63, 3.8) is 0 Å². The maximum atomic E-state index is 12.4. The van der Waals surface area contributed by atoms with Crippen LogP contribution in [0.3, 0.4) is 0 Å². The molecule has 0 saturated heterocycles. The Morgan fingerprint density at radius 3 is 2.44 bits per heavy atom. The Bertz CT molecular complexity index is 766. The first kappa shape index (κ1) is 18.7. The zero-order chi connectivity index (χ0) is 18.4. The molecule has 0 radical (unpaired) electrons. The van der Waals surface area contributed by atoms with E-state index in [0.29, 0.717) is 23.7 Å². The van der Waals surface area contributed by atoms with Gasteiger partial charge in [-0.3, -0.25) is 9.59 Å². The molecule has 0 aliphatic heterocycles. The van der Waals surface area contributed by atoms with Crippen LogP contribution in [0.15, 0.2) is 42.5 Å². The normalized spacial score (nSPS) is 10.6. The van der Waals surface area contributed by atoms with Gasteiger partial charge in [0, 0.05) is 6.54 Å². The Hall–Kier alpha value is -2.62. The largest absolute Gasteiger partial charge is 0.352 e. The average Bonchev–Trinajstić information content (AvgIpc) is 2.55. The first-order valence-corrected chi connectivity index (χ1v) is 8.60. The fourth-order valence-electron chi connectivity index (χ4n) is 2.59. The molecule has 2 rings (SSSR count). The van der Waals surface area contributed by atoms with E-state index in [9.17, 15) is 9.59 Å². The van der Waals surface area contributed by atoms with Gasteiger partial charge in [0.05, 0.1) is 17.7 Å². The van der Waals surface area contributed by atoms with Crippen LogP contribution in [-0.4, -0.2) is 18.4 Å². The van der Waals surface area contributed by atoms with E-state index in [0.717, 1.165) is 11.1 Å². The van der Waals surface area contributed by atoms with E-state index in [1.165, 1.54) is 5.56 Å². The highest BCUT2D eigenvalue weighted by atomic mass is 16.2. The summed E-state index contributed by atoms with van der Waals surface area (Å²) in [5, 5.41) is 5.76. The lowest BCUT2D eigenvalue weighted by Crippen LogP contribution is -2.28. The molecular weight excluding hydrogens is 312 g/mol. The van der Waals surface area contributed by atoms with Gasteiger partial charge in [0.2, 0.25) is 5.91 Å². The molecule has 0 atom stereocenters. The molecule has 4 nitrogen and oxygen atoms in total. The summed E-state index contributed by atoms with van der Waals surface area (Å²) in [7, 11) is 0. The molecule has 2 aromatic rings. The molecular formula is C21H26N2O2. The van der Waals surface area contributed by atoms with Crippen molar-refractivity contribution in [2.75, 3.05) is 11.9 Å². The third-order valence-corrected chi connectivity index (χ3v) is 3.97. The SMILES string of the molecule is Cc1ccc(CC(=O)Nc2ccccc2C(=O)NCC(C)C)c(C)c1. The van der Waals surface area contributed by atoms with Gasteiger partial charge in [-0.15, -0.1) is 0 Å². The number of hydrogen-bond donors (Lipinski definition) is 2. The molecule has 4 heteroatoms. The van der Waals surface area contributed by atoms with E-state index >= 15 is 0 Å². The molecule has 0 fully saturated rings. The van der Waals surface area contributed by atoms with Crippen LogP contribution in [0, 0.1) is 19.8 Å². The summed E-state index contributed by atoms with van der Waals surface area (Å²) < 4.78 is 0. The van der Waals surface area contributed by atoms with Crippen LogP contribution >= 0.6 is 0 Å². The molecule has 0 heterocycles. The van der Waals surface area contributed by atoms with E-state index in [2.05, 4.69) is 16.7 Å². The van der Waals surface area contributed by atoms with Crippen molar-refractivity contribution in [3.05, 3.63) is 64.7 Å². The summed E-state index contributed by atoms with van der Waals surface area (Å²) in [6.07, 6.45) is 0.286. The number of para-hydroxylation sites is 1. The number of amides is 2. The smallest absolute Gasteiger partial charge is 0.253 e. The quantitative estimate of drug-likeness (QED) is 0.840. The van der Waals surface area contributed by atoms with Crippen LogP contribution in [0.4, 0.5) is 5.69 Å². The first-order valence-electron chi connectivity index (χ1n) is 8.60. The maximum absolute atomic E-state index is 12.4. The van der Waals surface area contributed by atoms with E-state index < -0.39 is 0 Å². The summed E-state index contributed by atoms with van der Waals surface area (Å²) in [4.78, 5) is 24.8. The van der Waals surface area contributed by atoms with Crippen LogP contribution in [0.1, 0.15) is 40.9 Å². The van der Waals surface area contributed by atoms with Crippen molar-refractivity contribution in [1.82, 2.24) is 5.32 Å². The topological polar surface area (TPSA) is 58.2 Å². The maximum Gasteiger partial charge on any atom is 0.253 e. The second kappa shape index (κ2) is 8.47. The van der Waals surface area contributed by atoms with E-state index in [1.807, 2.05) is 45.9 Å². The summed E-state index contributed by atoms with van der Waals surface area (Å²) in [5.41, 5.74) is 4.28. The first-order chi connectivity index (χ1) is 11.9. The fourth-order valence-corrected chi connectivity index (χ4v) is 2.59. The van der Waals surface area contributed by atoms with Crippen LogP contribution in [0.25, 0.3) is 0 Å². The number of benzene rings is 2. The van der Waals surface area contributed by atoms with Crippen molar-refractivity contribution < 1.29 is 9.59 Å². The lowest BCUT2D eigenvalue weighted by molar-refractivity contribution is -0.115. The number of aryl methyl sites for hydroxylation is 2.